The molecule has 1 aromatic carbocycles. The number of benzene rings is 1. The van der Waals surface area contributed by atoms with Gasteiger partial charge in [0.1, 0.15) is 5.69 Å². The van der Waals surface area contributed by atoms with E-state index in [1.807, 2.05) is 19.0 Å². The number of nitrogens with one attached hydrogen (secondary N) is 2. The van der Waals surface area contributed by atoms with Crippen LogP contribution in [0.3, 0.4) is 0 Å². The van der Waals surface area contributed by atoms with Crippen molar-refractivity contribution in [1.29, 1.82) is 0 Å². The molecule has 21 heavy (non-hydrogen) atoms. The Morgan fingerprint density at radius 3 is 2.48 bits per heavy atom. The minimum absolute atomic E-state index is 0.0599. The summed E-state index contributed by atoms with van der Waals surface area (Å²) in [7, 11) is -0.194. The van der Waals surface area contributed by atoms with E-state index in [9.17, 15) is 18.5 Å². The van der Waals surface area contributed by atoms with Gasteiger partial charge in [-0.1, -0.05) is 0 Å². The summed E-state index contributed by atoms with van der Waals surface area (Å²) in [6, 6.07) is 2.33. The SMILES string of the molecule is Cc1cc(NN)c([N+](=O)[O-])cc1S(=O)(=O)NCCN(C)C. The molecule has 4 N–H and O–H groups in total. The molecule has 0 saturated heterocycles. The average Bonchev–Trinajstić information content (AvgIpc) is 2.36. The van der Waals surface area contributed by atoms with Crippen molar-refractivity contribution in [3.63, 3.8) is 0 Å². The summed E-state index contributed by atoms with van der Waals surface area (Å²) in [5.41, 5.74) is 2.22. The number of sulfonamides is 1. The van der Waals surface area contributed by atoms with Crippen LogP contribution in [0.2, 0.25) is 0 Å². The number of hydrazine groups is 1. The van der Waals surface area contributed by atoms with Gasteiger partial charge in [0.2, 0.25) is 10.0 Å². The standard InChI is InChI=1S/C11H19N5O4S/c1-8-6-9(14-12)10(16(17)18)7-11(8)21(19,20)13-4-5-15(2)3/h6-7,13-14H,4-5,12H2,1-3H3. The van der Waals surface area contributed by atoms with Gasteiger partial charge in [0.25, 0.3) is 5.69 Å². The first-order valence-corrected chi connectivity index (χ1v) is 7.57. The van der Waals surface area contributed by atoms with Gasteiger partial charge in [-0.2, -0.15) is 0 Å². The quantitative estimate of drug-likeness (QED) is 0.367. The number of nitrogens with zero attached hydrogens (tertiary/aromatic N) is 2. The van der Waals surface area contributed by atoms with E-state index in [1.54, 1.807) is 6.92 Å². The highest BCUT2D eigenvalue weighted by Gasteiger charge is 2.23. The summed E-state index contributed by atoms with van der Waals surface area (Å²) in [4.78, 5) is 12.0. The Kier molecular flexibility index (Phi) is 5.61. The first-order chi connectivity index (χ1) is 9.69. The van der Waals surface area contributed by atoms with E-state index in [2.05, 4.69) is 10.1 Å². The van der Waals surface area contributed by atoms with E-state index in [0.717, 1.165) is 6.07 Å². The topological polar surface area (TPSA) is 131 Å². The molecule has 0 saturated carbocycles. The number of hydrogen-bond acceptors (Lipinski definition) is 7. The van der Waals surface area contributed by atoms with Crippen LogP contribution < -0.4 is 16.0 Å². The highest BCUT2D eigenvalue weighted by molar-refractivity contribution is 7.89. The minimum Gasteiger partial charge on any atom is -0.318 e. The van der Waals surface area contributed by atoms with E-state index in [-0.39, 0.29) is 17.1 Å². The van der Waals surface area contributed by atoms with Gasteiger partial charge in [0.05, 0.1) is 9.82 Å². The van der Waals surface area contributed by atoms with E-state index < -0.39 is 20.6 Å². The zero-order valence-electron chi connectivity index (χ0n) is 12.1. The lowest BCUT2D eigenvalue weighted by Crippen LogP contribution is -2.31. The Labute approximate surface area is 123 Å². The van der Waals surface area contributed by atoms with Crippen LogP contribution >= 0.6 is 0 Å². The number of nitrogen functional groups attached to an aromatic ring is 1. The van der Waals surface area contributed by atoms with Crippen molar-refractivity contribution >= 4 is 21.4 Å². The van der Waals surface area contributed by atoms with E-state index >= 15 is 0 Å². The molecule has 1 aromatic rings. The molecular formula is C11H19N5O4S. The molecule has 0 aromatic heterocycles. The Bertz CT molecular complexity index is 630. The minimum atomic E-state index is -3.82. The van der Waals surface area contributed by atoms with Crippen LogP contribution in [-0.4, -0.2) is 45.4 Å². The lowest BCUT2D eigenvalue weighted by molar-refractivity contribution is -0.384. The van der Waals surface area contributed by atoms with Crippen molar-refractivity contribution in [2.75, 3.05) is 32.6 Å². The van der Waals surface area contributed by atoms with Crippen molar-refractivity contribution in [2.24, 2.45) is 5.84 Å². The maximum atomic E-state index is 12.2. The number of likely N-dealkylation sites (N-methyl/N-ethyl adjacent to an activating group) is 1. The van der Waals surface area contributed by atoms with Gasteiger partial charge in [-0.05, 0) is 32.6 Å². The molecule has 0 fully saturated rings. The Hall–Kier alpha value is -1.75. The maximum Gasteiger partial charge on any atom is 0.295 e. The Morgan fingerprint density at radius 1 is 1.38 bits per heavy atom. The van der Waals surface area contributed by atoms with Crippen molar-refractivity contribution in [1.82, 2.24) is 9.62 Å². The second-order valence-electron chi connectivity index (χ2n) is 4.74. The molecule has 0 radical (unpaired) electrons. The van der Waals surface area contributed by atoms with Crippen LogP contribution in [0.5, 0.6) is 0 Å². The van der Waals surface area contributed by atoms with Gasteiger partial charge < -0.3 is 10.3 Å². The van der Waals surface area contributed by atoms with E-state index in [4.69, 9.17) is 5.84 Å². The van der Waals surface area contributed by atoms with Crippen LogP contribution in [0.15, 0.2) is 17.0 Å². The highest BCUT2D eigenvalue weighted by atomic mass is 32.2. The predicted molar refractivity (Wildman–Crippen MR) is 79.4 cm³/mol. The molecule has 0 bridgehead atoms. The monoisotopic (exact) mass is 317 g/mol. The number of anilines is 1. The van der Waals surface area contributed by atoms with Crippen LogP contribution in [-0.2, 0) is 10.0 Å². The first kappa shape index (κ1) is 17.3. The van der Waals surface area contributed by atoms with Gasteiger partial charge in [0.15, 0.2) is 0 Å². The summed E-state index contributed by atoms with van der Waals surface area (Å²) < 4.78 is 26.8. The smallest absolute Gasteiger partial charge is 0.295 e. The van der Waals surface area contributed by atoms with Crippen molar-refractivity contribution in [3.8, 4) is 0 Å². The molecule has 0 heterocycles. The zero-order valence-corrected chi connectivity index (χ0v) is 12.9. The average molecular weight is 317 g/mol. The third-order valence-electron chi connectivity index (χ3n) is 2.79. The Balaban J connectivity index is 3.17. The van der Waals surface area contributed by atoms with Crippen molar-refractivity contribution < 1.29 is 13.3 Å². The molecule has 0 aliphatic carbocycles. The van der Waals surface area contributed by atoms with Crippen LogP contribution in [0.25, 0.3) is 0 Å². The normalized spacial score (nSPS) is 11.7. The molecule has 1 rings (SSSR count). The second kappa shape index (κ2) is 6.80. The number of rotatable bonds is 7. The third-order valence-corrected chi connectivity index (χ3v) is 4.39. The summed E-state index contributed by atoms with van der Waals surface area (Å²) in [6.45, 7) is 2.27. The van der Waals surface area contributed by atoms with Crippen molar-refractivity contribution in [2.45, 2.75) is 11.8 Å². The molecule has 0 aliphatic rings. The molecule has 0 spiro atoms. The third kappa shape index (κ3) is 4.36. The van der Waals surface area contributed by atoms with E-state index in [1.165, 1.54) is 6.07 Å². The van der Waals surface area contributed by atoms with Crippen LogP contribution in [0, 0.1) is 17.0 Å². The molecule has 0 unspecified atom stereocenters. The number of aryl methyl sites for hydroxylation is 1. The summed E-state index contributed by atoms with van der Waals surface area (Å²) >= 11 is 0. The van der Waals surface area contributed by atoms with E-state index in [0.29, 0.717) is 12.1 Å². The molecule has 10 heteroatoms. The van der Waals surface area contributed by atoms with Crippen LogP contribution in [0.4, 0.5) is 11.4 Å². The molecule has 0 aliphatic heterocycles. The fourth-order valence-corrected chi connectivity index (χ4v) is 2.98. The zero-order chi connectivity index (χ0) is 16.2. The first-order valence-electron chi connectivity index (χ1n) is 6.09. The number of hydrogen-bond donors (Lipinski definition) is 3. The predicted octanol–water partition coefficient (Wildman–Crippen LogP) is 0.0287. The van der Waals surface area contributed by atoms with Gasteiger partial charge in [0, 0.05) is 19.2 Å². The fraction of sp³-hybridized carbons (Fsp3) is 0.455. The molecule has 118 valence electrons. The maximum absolute atomic E-state index is 12.2. The molecule has 0 atom stereocenters. The van der Waals surface area contributed by atoms with Gasteiger partial charge in [-0.15, -0.1) is 0 Å². The number of nitrogens with two attached hydrogens (primary N) is 1. The molecule has 9 nitrogen and oxygen atoms in total. The number of nitro benzene ring substituents is 1. The van der Waals surface area contributed by atoms with Crippen LogP contribution in [0.1, 0.15) is 5.56 Å². The lowest BCUT2D eigenvalue weighted by Gasteiger charge is -2.13. The number of nitro groups is 1. The Morgan fingerprint density at radius 2 is 2.00 bits per heavy atom. The summed E-state index contributed by atoms with van der Waals surface area (Å²) in [5, 5.41) is 11.0. The summed E-state index contributed by atoms with van der Waals surface area (Å²) in [5.74, 6) is 5.20. The largest absolute Gasteiger partial charge is 0.318 e. The molecular weight excluding hydrogens is 298 g/mol. The van der Waals surface area contributed by atoms with Crippen molar-refractivity contribution in [3.05, 3.63) is 27.8 Å². The fourth-order valence-electron chi connectivity index (χ4n) is 1.71. The lowest BCUT2D eigenvalue weighted by atomic mass is 10.2. The second-order valence-corrected chi connectivity index (χ2v) is 6.47. The van der Waals surface area contributed by atoms with Gasteiger partial charge in [-0.3, -0.25) is 16.0 Å². The van der Waals surface area contributed by atoms with Gasteiger partial charge >= 0.3 is 0 Å². The highest BCUT2D eigenvalue weighted by Crippen LogP contribution is 2.29. The summed E-state index contributed by atoms with van der Waals surface area (Å²) in [6.07, 6.45) is 0. The van der Waals surface area contributed by atoms with Gasteiger partial charge in [-0.25, -0.2) is 13.1 Å². The molecule has 0 amide bonds.